The summed E-state index contributed by atoms with van der Waals surface area (Å²) in [6, 6.07) is 7.18. The van der Waals surface area contributed by atoms with Gasteiger partial charge in [-0.25, -0.2) is 13.9 Å². The number of anilines is 1. The van der Waals surface area contributed by atoms with Gasteiger partial charge in [-0.3, -0.25) is 9.59 Å². The zero-order valence-corrected chi connectivity index (χ0v) is 17.3. The summed E-state index contributed by atoms with van der Waals surface area (Å²) in [4.78, 5) is 26.5. The molecule has 0 bridgehead atoms. The molecule has 1 saturated carbocycles. The van der Waals surface area contributed by atoms with E-state index in [9.17, 15) is 18.4 Å². The van der Waals surface area contributed by atoms with Gasteiger partial charge in [0, 0.05) is 49.1 Å². The van der Waals surface area contributed by atoms with Crippen molar-refractivity contribution in [2.45, 2.75) is 25.3 Å². The van der Waals surface area contributed by atoms with E-state index in [-0.39, 0.29) is 29.0 Å². The average Bonchev–Trinajstić information content (AvgIpc) is 3.54. The highest BCUT2D eigenvalue weighted by Crippen LogP contribution is 2.26. The van der Waals surface area contributed by atoms with E-state index in [0.29, 0.717) is 41.7 Å². The third-order valence-corrected chi connectivity index (χ3v) is 6.11. The summed E-state index contributed by atoms with van der Waals surface area (Å²) in [5.74, 6) is -1.15. The van der Waals surface area contributed by atoms with Crippen LogP contribution in [0.15, 0.2) is 35.1 Å². The Bertz CT molecular complexity index is 1270. The Balaban J connectivity index is 1.36. The number of hydrogen-bond acceptors (Lipinski definition) is 5. The second-order valence-electron chi connectivity index (χ2n) is 8.67. The third kappa shape index (κ3) is 3.95. The number of rotatable bonds is 6. The van der Waals surface area contributed by atoms with E-state index in [1.807, 2.05) is 0 Å². The van der Waals surface area contributed by atoms with Crippen LogP contribution < -0.4 is 16.6 Å². The Morgan fingerprint density at radius 2 is 2.00 bits per heavy atom. The SMILES string of the molecule is Nc1cc(F)cc2c(=O)[nH]nc(Cc3ccc(F)c(C(=O)N4CC(CNC5CC5)C4)c3)c12. The van der Waals surface area contributed by atoms with Gasteiger partial charge >= 0.3 is 0 Å². The molecule has 0 spiro atoms. The Kier molecular flexibility index (Phi) is 5.13. The van der Waals surface area contributed by atoms with Crippen LogP contribution in [0.5, 0.6) is 0 Å². The molecule has 2 heterocycles. The minimum atomic E-state index is -0.618. The predicted octanol–water partition coefficient (Wildman–Crippen LogP) is 2.20. The Hall–Kier alpha value is -3.33. The number of carbonyl (C=O) groups is 1. The van der Waals surface area contributed by atoms with Gasteiger partial charge in [-0.15, -0.1) is 0 Å². The number of nitrogens with one attached hydrogen (secondary N) is 2. The summed E-state index contributed by atoms with van der Waals surface area (Å²) in [6.07, 6.45) is 2.62. The molecular formula is C23H23F2N5O2. The first-order chi connectivity index (χ1) is 15.4. The minimum absolute atomic E-state index is 0.00356. The number of nitrogens with zero attached hydrogens (tertiary/aromatic N) is 2. The molecular weight excluding hydrogens is 416 g/mol. The lowest BCUT2D eigenvalue weighted by Crippen LogP contribution is -2.53. The first kappa shape index (κ1) is 20.6. The predicted molar refractivity (Wildman–Crippen MR) is 116 cm³/mol. The lowest BCUT2D eigenvalue weighted by molar-refractivity contribution is 0.0495. The molecule has 0 unspecified atom stereocenters. The van der Waals surface area contributed by atoms with Gasteiger partial charge < -0.3 is 16.0 Å². The smallest absolute Gasteiger partial charge is 0.272 e. The maximum absolute atomic E-state index is 14.5. The van der Waals surface area contributed by atoms with E-state index in [1.165, 1.54) is 25.0 Å². The highest BCUT2D eigenvalue weighted by atomic mass is 19.1. The van der Waals surface area contributed by atoms with Crippen molar-refractivity contribution in [3.8, 4) is 0 Å². The molecule has 1 saturated heterocycles. The van der Waals surface area contributed by atoms with Crippen LogP contribution in [0.25, 0.3) is 10.8 Å². The van der Waals surface area contributed by atoms with Gasteiger partial charge in [0.2, 0.25) is 0 Å². The fourth-order valence-corrected chi connectivity index (χ4v) is 4.19. The quantitative estimate of drug-likeness (QED) is 0.511. The van der Waals surface area contributed by atoms with Crippen LogP contribution in [0.2, 0.25) is 0 Å². The largest absolute Gasteiger partial charge is 0.398 e. The van der Waals surface area contributed by atoms with Crippen LogP contribution in [0.4, 0.5) is 14.5 Å². The molecule has 0 atom stereocenters. The number of likely N-dealkylation sites (tertiary alicyclic amines) is 1. The van der Waals surface area contributed by atoms with Crippen molar-refractivity contribution in [1.29, 1.82) is 0 Å². The highest BCUT2D eigenvalue weighted by molar-refractivity contribution is 5.96. The third-order valence-electron chi connectivity index (χ3n) is 6.11. The molecule has 4 N–H and O–H groups in total. The van der Waals surface area contributed by atoms with E-state index in [1.54, 1.807) is 11.0 Å². The van der Waals surface area contributed by atoms with Crippen molar-refractivity contribution in [2.24, 2.45) is 5.92 Å². The number of carbonyl (C=O) groups excluding carboxylic acids is 1. The van der Waals surface area contributed by atoms with Crippen molar-refractivity contribution in [2.75, 3.05) is 25.4 Å². The number of fused-ring (bicyclic) bond motifs is 1. The van der Waals surface area contributed by atoms with E-state index >= 15 is 0 Å². The summed E-state index contributed by atoms with van der Waals surface area (Å²) in [5.41, 5.74) is 6.55. The molecule has 7 nitrogen and oxygen atoms in total. The van der Waals surface area contributed by atoms with Crippen molar-refractivity contribution < 1.29 is 13.6 Å². The number of hydrogen-bond donors (Lipinski definition) is 3. The molecule has 32 heavy (non-hydrogen) atoms. The summed E-state index contributed by atoms with van der Waals surface area (Å²) in [5, 5.41) is 10.3. The standard InChI is InChI=1S/C23H23F2N5O2/c24-14-7-17-21(19(26)8-14)20(28-29-22(17)31)6-12-1-4-18(25)16(5-12)23(32)30-10-13(11-30)9-27-15-2-3-15/h1,4-5,7-8,13,15,27H,2-3,6,9-11,26H2,(H,29,31). The molecule has 2 fully saturated rings. The second-order valence-corrected chi connectivity index (χ2v) is 8.67. The van der Waals surface area contributed by atoms with E-state index < -0.39 is 17.2 Å². The summed E-state index contributed by atoms with van der Waals surface area (Å²) in [7, 11) is 0. The molecule has 166 valence electrons. The van der Waals surface area contributed by atoms with Crippen LogP contribution in [0, 0.1) is 17.6 Å². The normalized spacial score (nSPS) is 16.4. The van der Waals surface area contributed by atoms with Gasteiger partial charge in [0.15, 0.2) is 0 Å². The van der Waals surface area contributed by atoms with Crippen LogP contribution in [-0.4, -0.2) is 46.7 Å². The lowest BCUT2D eigenvalue weighted by atomic mass is 9.97. The van der Waals surface area contributed by atoms with Gasteiger partial charge in [0.1, 0.15) is 11.6 Å². The number of nitrogens with two attached hydrogens (primary N) is 1. The van der Waals surface area contributed by atoms with Gasteiger partial charge in [-0.1, -0.05) is 6.07 Å². The fraction of sp³-hybridized carbons (Fsp3) is 0.348. The summed E-state index contributed by atoms with van der Waals surface area (Å²) >= 11 is 0. The zero-order chi connectivity index (χ0) is 22.4. The van der Waals surface area contributed by atoms with E-state index in [0.717, 1.165) is 18.7 Å². The molecule has 1 aliphatic carbocycles. The monoisotopic (exact) mass is 439 g/mol. The van der Waals surface area contributed by atoms with Crippen molar-refractivity contribution in [3.63, 3.8) is 0 Å². The van der Waals surface area contributed by atoms with Crippen LogP contribution in [0.3, 0.4) is 0 Å². The zero-order valence-electron chi connectivity index (χ0n) is 17.3. The average molecular weight is 439 g/mol. The first-order valence-corrected chi connectivity index (χ1v) is 10.7. The lowest BCUT2D eigenvalue weighted by Gasteiger charge is -2.39. The number of benzene rings is 2. The molecule has 0 radical (unpaired) electrons. The van der Waals surface area contributed by atoms with Crippen LogP contribution >= 0.6 is 0 Å². The summed E-state index contributed by atoms with van der Waals surface area (Å²) in [6.45, 7) is 2.09. The van der Waals surface area contributed by atoms with E-state index in [4.69, 9.17) is 5.73 Å². The number of aromatic amines is 1. The number of nitrogen functional groups attached to an aromatic ring is 1. The molecule has 1 aliphatic heterocycles. The van der Waals surface area contributed by atoms with Gasteiger partial charge in [-0.05, 0) is 42.7 Å². The van der Waals surface area contributed by atoms with Gasteiger partial charge in [-0.2, -0.15) is 5.10 Å². The number of amides is 1. The Labute approximate surface area is 182 Å². The minimum Gasteiger partial charge on any atom is -0.398 e. The molecule has 3 aromatic rings. The summed E-state index contributed by atoms with van der Waals surface area (Å²) < 4.78 is 28.2. The maximum atomic E-state index is 14.5. The van der Waals surface area contributed by atoms with Gasteiger partial charge in [0.05, 0.1) is 16.6 Å². The molecule has 2 aromatic carbocycles. The Morgan fingerprint density at radius 3 is 2.75 bits per heavy atom. The van der Waals surface area contributed by atoms with Crippen molar-refractivity contribution in [1.82, 2.24) is 20.4 Å². The van der Waals surface area contributed by atoms with Gasteiger partial charge in [0.25, 0.3) is 11.5 Å². The van der Waals surface area contributed by atoms with Crippen LogP contribution in [-0.2, 0) is 6.42 Å². The Morgan fingerprint density at radius 1 is 1.22 bits per heavy atom. The fourth-order valence-electron chi connectivity index (χ4n) is 4.19. The second kappa shape index (κ2) is 7.98. The molecule has 1 aromatic heterocycles. The highest BCUT2D eigenvalue weighted by Gasteiger charge is 2.33. The maximum Gasteiger partial charge on any atom is 0.272 e. The van der Waals surface area contributed by atoms with Crippen LogP contribution in [0.1, 0.15) is 34.5 Å². The molecule has 5 rings (SSSR count). The topological polar surface area (TPSA) is 104 Å². The molecule has 2 aliphatic rings. The molecule has 1 amide bonds. The van der Waals surface area contributed by atoms with Crippen molar-refractivity contribution >= 4 is 22.4 Å². The van der Waals surface area contributed by atoms with Crippen molar-refractivity contribution in [3.05, 3.63) is 69.1 Å². The number of H-pyrrole nitrogens is 1. The first-order valence-electron chi connectivity index (χ1n) is 10.7. The molecule has 9 heteroatoms. The number of aromatic nitrogens is 2. The number of halogens is 2. The van der Waals surface area contributed by atoms with E-state index in [2.05, 4.69) is 15.5 Å².